The maximum atomic E-state index is 5.64. The molecule has 62 valence electrons. The molecule has 4 nitrogen and oxygen atoms in total. The van der Waals surface area contributed by atoms with Gasteiger partial charge in [-0.3, -0.25) is 0 Å². The lowest BCUT2D eigenvalue weighted by Gasteiger charge is -1.94. The molecular weight excluding hydrogens is 309 g/mol. The van der Waals surface area contributed by atoms with Crippen LogP contribution < -0.4 is 0 Å². The molecule has 1 unspecified atom stereocenters. The molecule has 2 aromatic heterocycles. The normalized spacial score (nSPS) is 11.8. The molecule has 0 aromatic carbocycles. The summed E-state index contributed by atoms with van der Waals surface area (Å²) in [4.78, 5) is 7.92. The van der Waals surface area contributed by atoms with Crippen LogP contribution in [-0.4, -0.2) is 19.5 Å². The fraction of sp³-hybridized carbons (Fsp3) is 0. The van der Waals surface area contributed by atoms with Crippen LogP contribution in [0.4, 0.5) is 0 Å². The average Bonchev–Trinajstić information content (AvgIpc) is 2.46. The molecule has 0 spiro atoms. The highest BCUT2D eigenvalue weighted by Gasteiger charge is 2.03. The fourth-order valence-electron chi connectivity index (χ4n) is 0.859. The van der Waals surface area contributed by atoms with Crippen molar-refractivity contribution in [1.29, 1.82) is 0 Å². The Balaban J connectivity index is 2.75. The van der Waals surface area contributed by atoms with Gasteiger partial charge in [-0.2, -0.15) is 10.1 Å². The van der Waals surface area contributed by atoms with Crippen LogP contribution in [0.1, 0.15) is 0 Å². The van der Waals surface area contributed by atoms with Crippen molar-refractivity contribution in [2.75, 3.05) is 0 Å². The first-order valence-electron chi connectivity index (χ1n) is 3.04. The molecule has 0 aliphatic carbocycles. The minimum atomic E-state index is 0.263. The molecule has 2 aromatic rings. The van der Waals surface area contributed by atoms with E-state index in [9.17, 15) is 0 Å². The van der Waals surface area contributed by atoms with E-state index in [-0.39, 0.29) is 5.28 Å². The molecule has 0 amide bonds. The Hall–Kier alpha value is -0.000000000000000111. The summed E-state index contributed by atoms with van der Waals surface area (Å²) in [5.74, 6) is 0. The van der Waals surface area contributed by atoms with Crippen molar-refractivity contribution in [2.24, 2.45) is 0 Å². The largest absolute Gasteiger partial charge is 0.226 e. The van der Waals surface area contributed by atoms with Crippen LogP contribution >= 0.6 is 40.0 Å². The SMILES string of the molecule is Clc1ncc2cnn(PI)c2n1. The highest BCUT2D eigenvalue weighted by atomic mass is 127. The zero-order valence-electron chi connectivity index (χ0n) is 5.70. The smallest absolute Gasteiger partial charge is 0.224 e. The average molecular weight is 312 g/mol. The number of aromatic nitrogens is 4. The second-order valence-corrected chi connectivity index (χ2v) is 4.44. The van der Waals surface area contributed by atoms with Crippen molar-refractivity contribution in [1.82, 2.24) is 19.5 Å². The molecule has 12 heavy (non-hydrogen) atoms. The highest BCUT2D eigenvalue weighted by molar-refractivity contribution is 14.2. The van der Waals surface area contributed by atoms with E-state index in [0.29, 0.717) is 6.37 Å². The molecule has 0 bridgehead atoms. The van der Waals surface area contributed by atoms with E-state index in [1.54, 1.807) is 16.8 Å². The van der Waals surface area contributed by atoms with E-state index < -0.39 is 0 Å². The number of nitrogens with zero attached hydrogens (tertiary/aromatic N) is 4. The van der Waals surface area contributed by atoms with E-state index in [0.717, 1.165) is 11.0 Å². The van der Waals surface area contributed by atoms with Crippen LogP contribution in [0.15, 0.2) is 12.4 Å². The third kappa shape index (κ3) is 1.41. The molecule has 2 heterocycles. The van der Waals surface area contributed by atoms with Crippen molar-refractivity contribution < 1.29 is 0 Å². The predicted octanol–water partition coefficient (Wildman–Crippen LogP) is 2.27. The number of hydrogen-bond donors (Lipinski definition) is 0. The van der Waals surface area contributed by atoms with Gasteiger partial charge in [0.2, 0.25) is 5.28 Å². The van der Waals surface area contributed by atoms with Gasteiger partial charge in [0.15, 0.2) is 5.65 Å². The van der Waals surface area contributed by atoms with Gasteiger partial charge in [-0.05, 0) is 33.6 Å². The van der Waals surface area contributed by atoms with E-state index >= 15 is 0 Å². The van der Waals surface area contributed by atoms with Gasteiger partial charge in [-0.1, -0.05) is 0 Å². The van der Waals surface area contributed by atoms with Gasteiger partial charge in [0, 0.05) is 6.20 Å². The van der Waals surface area contributed by atoms with Gasteiger partial charge in [0.25, 0.3) is 0 Å². The van der Waals surface area contributed by atoms with Crippen LogP contribution in [0.5, 0.6) is 0 Å². The van der Waals surface area contributed by atoms with Crippen molar-refractivity contribution in [3.63, 3.8) is 0 Å². The van der Waals surface area contributed by atoms with Crippen LogP contribution in [0.3, 0.4) is 0 Å². The van der Waals surface area contributed by atoms with E-state index in [1.165, 1.54) is 0 Å². The Bertz CT molecular complexity index is 417. The summed E-state index contributed by atoms with van der Waals surface area (Å²) in [5.41, 5.74) is 0.794. The first-order valence-corrected chi connectivity index (χ1v) is 7.48. The van der Waals surface area contributed by atoms with Gasteiger partial charge in [-0.25, -0.2) is 9.44 Å². The molecule has 1 atom stereocenters. The Labute approximate surface area is 88.0 Å². The first-order chi connectivity index (χ1) is 5.81. The maximum absolute atomic E-state index is 5.64. The zero-order valence-corrected chi connectivity index (χ0v) is 9.61. The zero-order chi connectivity index (χ0) is 8.55. The summed E-state index contributed by atoms with van der Waals surface area (Å²) in [5, 5.41) is 5.30. The molecule has 0 aliphatic rings. The summed E-state index contributed by atoms with van der Waals surface area (Å²) in [6, 6.07) is 0. The standard InChI is InChI=1S/C5H3ClIN4P/c6-5-8-1-3-2-9-11(12-7)4(3)10-5/h1-2,12H. The minimum Gasteiger partial charge on any atom is -0.226 e. The molecule has 7 heteroatoms. The van der Waals surface area contributed by atoms with E-state index in [1.807, 2.05) is 0 Å². The Morgan fingerprint density at radius 1 is 1.50 bits per heavy atom. The van der Waals surface area contributed by atoms with Crippen LogP contribution in [0.2, 0.25) is 5.28 Å². The van der Waals surface area contributed by atoms with Crippen LogP contribution in [0.25, 0.3) is 11.0 Å². The van der Waals surface area contributed by atoms with Gasteiger partial charge in [0.05, 0.1) is 18.0 Å². The Morgan fingerprint density at radius 2 is 2.33 bits per heavy atom. The van der Waals surface area contributed by atoms with Gasteiger partial charge in [-0.15, -0.1) is 0 Å². The molecule has 0 saturated carbocycles. The summed E-state index contributed by atoms with van der Waals surface area (Å²) in [6.07, 6.45) is 3.94. The van der Waals surface area contributed by atoms with Crippen molar-refractivity contribution in [3.05, 3.63) is 17.7 Å². The summed E-state index contributed by atoms with van der Waals surface area (Å²) < 4.78 is 1.80. The topological polar surface area (TPSA) is 43.6 Å². The highest BCUT2D eigenvalue weighted by Crippen LogP contribution is 2.26. The van der Waals surface area contributed by atoms with Crippen molar-refractivity contribution in [3.8, 4) is 0 Å². The number of rotatable bonds is 1. The van der Waals surface area contributed by atoms with E-state index in [2.05, 4.69) is 37.1 Å². The van der Waals surface area contributed by atoms with Crippen molar-refractivity contribution in [2.45, 2.75) is 0 Å². The molecule has 0 aliphatic heterocycles. The third-order valence-electron chi connectivity index (χ3n) is 1.36. The van der Waals surface area contributed by atoms with E-state index in [4.69, 9.17) is 11.6 Å². The molecule has 0 saturated heterocycles. The molecule has 0 fully saturated rings. The monoisotopic (exact) mass is 312 g/mol. The third-order valence-corrected chi connectivity index (χ3v) is 3.40. The quantitative estimate of drug-likeness (QED) is 0.461. The molecule has 0 N–H and O–H groups in total. The van der Waals surface area contributed by atoms with Gasteiger partial charge < -0.3 is 0 Å². The first kappa shape index (κ1) is 8.59. The molecule has 0 radical (unpaired) electrons. The summed E-state index contributed by atoms with van der Waals surface area (Å²) in [6.45, 7) is 0. The lowest BCUT2D eigenvalue weighted by molar-refractivity contribution is 1.02. The fourth-order valence-corrected chi connectivity index (χ4v) is 2.41. The molecular formula is C5H3ClIN4P. The number of fused-ring (bicyclic) bond motifs is 1. The lowest BCUT2D eigenvalue weighted by atomic mass is 10.5. The maximum Gasteiger partial charge on any atom is 0.224 e. The molecule has 2 rings (SSSR count). The number of hydrogen-bond acceptors (Lipinski definition) is 3. The van der Waals surface area contributed by atoms with Crippen LogP contribution in [-0.2, 0) is 0 Å². The lowest BCUT2D eigenvalue weighted by Crippen LogP contribution is -1.87. The second-order valence-electron chi connectivity index (χ2n) is 2.06. The van der Waals surface area contributed by atoms with Gasteiger partial charge in [0.1, 0.15) is 0 Å². The predicted molar refractivity (Wildman–Crippen MR) is 58.1 cm³/mol. The number of halogens is 2. The van der Waals surface area contributed by atoms with Crippen molar-refractivity contribution >= 4 is 51.0 Å². The summed E-state index contributed by atoms with van der Waals surface area (Å²) in [7, 11) is 0. The minimum absolute atomic E-state index is 0.263. The summed E-state index contributed by atoms with van der Waals surface area (Å²) >= 11 is 7.88. The van der Waals surface area contributed by atoms with Gasteiger partial charge >= 0.3 is 0 Å². The Morgan fingerprint density at radius 3 is 3.08 bits per heavy atom. The van der Waals surface area contributed by atoms with Crippen LogP contribution in [0, 0.1) is 0 Å². The second kappa shape index (κ2) is 3.40. The Kier molecular flexibility index (Phi) is 2.43.